The number of hydrogen-bond acceptors (Lipinski definition) is 4. The summed E-state index contributed by atoms with van der Waals surface area (Å²) in [5.41, 5.74) is 0. The minimum atomic E-state index is -0.602. The first-order chi connectivity index (χ1) is 6.24. The van der Waals surface area contributed by atoms with Crippen molar-refractivity contribution in [1.82, 2.24) is 0 Å². The highest BCUT2D eigenvalue weighted by atomic mass is 16.5. The van der Waals surface area contributed by atoms with Crippen LogP contribution in [0.5, 0.6) is 0 Å². The lowest BCUT2D eigenvalue weighted by molar-refractivity contribution is -0.143. The number of ether oxygens (including phenoxy) is 1. The molecule has 0 radical (unpaired) electrons. The van der Waals surface area contributed by atoms with Crippen LogP contribution in [0.2, 0.25) is 0 Å². The Morgan fingerprint density at radius 3 is 2.54 bits per heavy atom. The summed E-state index contributed by atoms with van der Waals surface area (Å²) in [6.45, 7) is 2.12. The van der Waals surface area contributed by atoms with Gasteiger partial charge in [-0.25, -0.2) is 0 Å². The summed E-state index contributed by atoms with van der Waals surface area (Å²) in [5.74, 6) is -0.869. The van der Waals surface area contributed by atoms with Crippen molar-refractivity contribution in [3.05, 3.63) is 0 Å². The molecule has 0 aliphatic rings. The van der Waals surface area contributed by atoms with Gasteiger partial charge in [0, 0.05) is 6.42 Å². The lowest BCUT2D eigenvalue weighted by Crippen LogP contribution is -2.04. The Morgan fingerprint density at radius 1 is 1.46 bits per heavy atom. The van der Waals surface area contributed by atoms with E-state index in [0.717, 1.165) is 0 Å². The van der Waals surface area contributed by atoms with Gasteiger partial charge in [0.05, 0.1) is 18.7 Å². The average Bonchev–Trinajstić information content (AvgIpc) is 2.13. The summed E-state index contributed by atoms with van der Waals surface area (Å²) in [6, 6.07) is 3.69. The molecule has 0 amide bonds. The van der Waals surface area contributed by atoms with Crippen LogP contribution in [0.3, 0.4) is 0 Å². The largest absolute Gasteiger partial charge is 0.466 e. The molecule has 0 saturated heterocycles. The van der Waals surface area contributed by atoms with Crippen molar-refractivity contribution in [2.45, 2.75) is 26.2 Å². The van der Waals surface area contributed by atoms with Crippen molar-refractivity contribution in [3.63, 3.8) is 0 Å². The van der Waals surface area contributed by atoms with Gasteiger partial charge < -0.3 is 4.74 Å². The van der Waals surface area contributed by atoms with Crippen LogP contribution in [0.1, 0.15) is 26.2 Å². The summed E-state index contributed by atoms with van der Waals surface area (Å²) in [5, 5.41) is 16.8. The number of rotatable bonds is 5. The van der Waals surface area contributed by atoms with E-state index in [1.165, 1.54) is 0 Å². The SMILES string of the molecule is CCOC(=O)CCCC(C#N)C#N. The molecule has 0 unspecified atom stereocenters. The van der Waals surface area contributed by atoms with Crippen LogP contribution in [0.4, 0.5) is 0 Å². The van der Waals surface area contributed by atoms with Crippen LogP contribution in [0.15, 0.2) is 0 Å². The normalized spacial score (nSPS) is 8.92. The second-order valence-corrected chi connectivity index (χ2v) is 2.51. The summed E-state index contributed by atoms with van der Waals surface area (Å²) in [6.07, 6.45) is 1.25. The maximum atomic E-state index is 10.8. The highest BCUT2D eigenvalue weighted by Gasteiger charge is 2.07. The van der Waals surface area contributed by atoms with Gasteiger partial charge in [-0.2, -0.15) is 10.5 Å². The number of nitriles is 2. The number of esters is 1. The summed E-state index contributed by atoms with van der Waals surface area (Å²) in [7, 11) is 0. The Bertz CT molecular complexity index is 223. The molecular formula is C9H12N2O2. The molecular weight excluding hydrogens is 168 g/mol. The van der Waals surface area contributed by atoms with Crippen LogP contribution in [0, 0.1) is 28.6 Å². The quantitative estimate of drug-likeness (QED) is 0.599. The average molecular weight is 180 g/mol. The topological polar surface area (TPSA) is 73.9 Å². The number of hydrogen-bond donors (Lipinski definition) is 0. The monoisotopic (exact) mass is 180 g/mol. The molecule has 0 rings (SSSR count). The molecule has 4 heteroatoms. The van der Waals surface area contributed by atoms with Gasteiger partial charge in [-0.15, -0.1) is 0 Å². The molecule has 0 saturated carbocycles. The third kappa shape index (κ3) is 5.69. The third-order valence-electron chi connectivity index (χ3n) is 1.49. The van der Waals surface area contributed by atoms with E-state index >= 15 is 0 Å². The van der Waals surface area contributed by atoms with Gasteiger partial charge in [0.1, 0.15) is 5.92 Å². The van der Waals surface area contributed by atoms with E-state index in [2.05, 4.69) is 4.74 Å². The van der Waals surface area contributed by atoms with Gasteiger partial charge in [0.25, 0.3) is 0 Å². The molecule has 0 aromatic rings. The van der Waals surface area contributed by atoms with E-state index in [1.807, 2.05) is 12.1 Å². The predicted octanol–water partition coefficient (Wildman–Crippen LogP) is 1.38. The van der Waals surface area contributed by atoms with Crippen molar-refractivity contribution in [2.24, 2.45) is 5.92 Å². The van der Waals surface area contributed by atoms with Gasteiger partial charge in [0.2, 0.25) is 0 Å². The standard InChI is InChI=1S/C9H12N2O2/c1-2-13-9(12)5-3-4-8(6-10)7-11/h8H,2-5H2,1H3. The molecule has 0 N–H and O–H groups in total. The zero-order chi connectivity index (χ0) is 10.1. The fourth-order valence-corrected chi connectivity index (χ4v) is 0.842. The lowest BCUT2D eigenvalue weighted by atomic mass is 10.1. The van der Waals surface area contributed by atoms with Crippen molar-refractivity contribution >= 4 is 5.97 Å². The van der Waals surface area contributed by atoms with Crippen molar-refractivity contribution in [1.29, 1.82) is 10.5 Å². The zero-order valence-corrected chi connectivity index (χ0v) is 7.62. The van der Waals surface area contributed by atoms with Gasteiger partial charge in [-0.3, -0.25) is 4.79 Å². The third-order valence-corrected chi connectivity index (χ3v) is 1.49. The molecule has 0 aliphatic carbocycles. The number of nitrogens with zero attached hydrogens (tertiary/aromatic N) is 2. The van der Waals surface area contributed by atoms with Crippen LogP contribution in [-0.4, -0.2) is 12.6 Å². The second-order valence-electron chi connectivity index (χ2n) is 2.51. The molecule has 0 heterocycles. The van der Waals surface area contributed by atoms with E-state index in [0.29, 0.717) is 19.4 Å². The molecule has 0 aromatic carbocycles. The van der Waals surface area contributed by atoms with E-state index < -0.39 is 5.92 Å². The fraction of sp³-hybridized carbons (Fsp3) is 0.667. The molecule has 0 fully saturated rings. The van der Waals surface area contributed by atoms with Gasteiger partial charge in [0.15, 0.2) is 0 Å². The van der Waals surface area contributed by atoms with Crippen LogP contribution in [-0.2, 0) is 9.53 Å². The van der Waals surface area contributed by atoms with E-state index in [-0.39, 0.29) is 12.4 Å². The second kappa shape index (κ2) is 7.12. The Balaban J connectivity index is 3.52. The van der Waals surface area contributed by atoms with Crippen LogP contribution >= 0.6 is 0 Å². The molecule has 0 aliphatic heterocycles. The first kappa shape index (κ1) is 11.4. The maximum Gasteiger partial charge on any atom is 0.305 e. The minimum Gasteiger partial charge on any atom is -0.466 e. The molecule has 70 valence electrons. The summed E-state index contributed by atoms with van der Waals surface area (Å²) < 4.78 is 4.69. The first-order valence-electron chi connectivity index (χ1n) is 4.19. The van der Waals surface area contributed by atoms with Crippen molar-refractivity contribution in [3.8, 4) is 12.1 Å². The Morgan fingerprint density at radius 2 is 2.08 bits per heavy atom. The van der Waals surface area contributed by atoms with E-state index in [1.54, 1.807) is 6.92 Å². The number of carbonyl (C=O) groups excluding carboxylic acids is 1. The van der Waals surface area contributed by atoms with Gasteiger partial charge in [-0.05, 0) is 19.8 Å². The fourth-order valence-electron chi connectivity index (χ4n) is 0.842. The molecule has 13 heavy (non-hydrogen) atoms. The molecule has 4 nitrogen and oxygen atoms in total. The molecule has 0 atom stereocenters. The Hall–Kier alpha value is -1.55. The van der Waals surface area contributed by atoms with E-state index in [4.69, 9.17) is 10.5 Å². The van der Waals surface area contributed by atoms with Gasteiger partial charge >= 0.3 is 5.97 Å². The summed E-state index contributed by atoms with van der Waals surface area (Å²) >= 11 is 0. The smallest absolute Gasteiger partial charge is 0.305 e. The molecule has 0 bridgehead atoms. The van der Waals surface area contributed by atoms with Crippen molar-refractivity contribution < 1.29 is 9.53 Å². The zero-order valence-electron chi connectivity index (χ0n) is 7.62. The molecule has 0 spiro atoms. The molecule has 0 aromatic heterocycles. The van der Waals surface area contributed by atoms with Crippen LogP contribution < -0.4 is 0 Å². The summed E-state index contributed by atoms with van der Waals surface area (Å²) in [4.78, 5) is 10.8. The lowest BCUT2D eigenvalue weighted by Gasteiger charge is -2.01. The minimum absolute atomic E-state index is 0.267. The van der Waals surface area contributed by atoms with Crippen LogP contribution in [0.25, 0.3) is 0 Å². The Kier molecular flexibility index (Phi) is 6.27. The highest BCUT2D eigenvalue weighted by molar-refractivity contribution is 5.69. The maximum absolute atomic E-state index is 10.8. The van der Waals surface area contributed by atoms with E-state index in [9.17, 15) is 4.79 Å². The van der Waals surface area contributed by atoms with Gasteiger partial charge in [-0.1, -0.05) is 0 Å². The van der Waals surface area contributed by atoms with Crippen molar-refractivity contribution in [2.75, 3.05) is 6.61 Å². The Labute approximate surface area is 77.7 Å². The number of carbonyl (C=O) groups is 1. The highest BCUT2D eigenvalue weighted by Crippen LogP contribution is 2.06. The first-order valence-corrected chi connectivity index (χ1v) is 4.19. The predicted molar refractivity (Wildman–Crippen MR) is 45.2 cm³/mol.